The number of hydrogen-bond donors (Lipinski definition) is 0. The number of aromatic nitrogens is 2. The smallest absolute Gasteiger partial charge is 0.0776 e. The largest absolute Gasteiger partial charge is 0.248 e. The summed E-state index contributed by atoms with van der Waals surface area (Å²) in [6.07, 6.45) is 0.905. The Hall–Kier alpha value is -2.44. The van der Waals surface area contributed by atoms with Gasteiger partial charge in [0.15, 0.2) is 0 Å². The first kappa shape index (κ1) is 31.0. The molecule has 3 aromatic carbocycles. The molecule has 5 heteroatoms. The Morgan fingerprint density at radius 3 is 1.57 bits per heavy atom. The summed E-state index contributed by atoms with van der Waals surface area (Å²) in [6, 6.07) is 33.3. The third-order valence-electron chi connectivity index (χ3n) is 8.81. The Kier molecular flexibility index (Phi) is 8.30. The molecule has 1 atom stereocenters. The quantitative estimate of drug-likeness (QED) is 0.142. The summed E-state index contributed by atoms with van der Waals surface area (Å²) in [7, 11) is 0.922. The second kappa shape index (κ2) is 11.2. The van der Waals surface area contributed by atoms with Gasteiger partial charge < -0.3 is 0 Å². The maximum Gasteiger partial charge on any atom is 0.0776 e. The van der Waals surface area contributed by atoms with Crippen molar-refractivity contribution in [1.82, 2.24) is 9.97 Å². The Morgan fingerprint density at radius 1 is 0.643 bits per heavy atom. The zero-order chi connectivity index (χ0) is 30.5. The van der Waals surface area contributed by atoms with E-state index in [4.69, 9.17) is 9.97 Å². The van der Waals surface area contributed by atoms with Crippen LogP contribution in [-0.4, -0.2) is 18.0 Å². The molecule has 0 saturated heterocycles. The van der Waals surface area contributed by atoms with E-state index in [1.54, 1.807) is 0 Å². The molecule has 0 radical (unpaired) electrons. The van der Waals surface area contributed by atoms with E-state index in [1.807, 2.05) is 0 Å². The molecule has 0 amide bonds. The first-order chi connectivity index (χ1) is 19.6. The van der Waals surface area contributed by atoms with Gasteiger partial charge in [-0.05, 0) is 46.2 Å². The van der Waals surface area contributed by atoms with E-state index in [9.17, 15) is 0 Å². The minimum absolute atomic E-state index is 0.0243. The van der Waals surface area contributed by atoms with Crippen LogP contribution in [0.1, 0.15) is 52.7 Å². The topological polar surface area (TPSA) is 25.8 Å². The molecule has 2 aromatic heterocycles. The van der Waals surface area contributed by atoms with Crippen molar-refractivity contribution in [2.75, 3.05) is 0 Å². The Morgan fingerprint density at radius 2 is 1.12 bits per heavy atom. The maximum absolute atomic E-state index is 5.28. The zero-order valence-corrected chi connectivity index (χ0v) is 29.8. The summed E-state index contributed by atoms with van der Waals surface area (Å²) in [5.74, 6) is 0. The summed E-state index contributed by atoms with van der Waals surface area (Å²) in [4.78, 5) is 10.6. The van der Waals surface area contributed by atoms with Crippen molar-refractivity contribution in [1.29, 1.82) is 0 Å². The van der Waals surface area contributed by atoms with Crippen LogP contribution >= 0.6 is 17.2 Å². The van der Waals surface area contributed by atoms with Crippen molar-refractivity contribution in [3.63, 3.8) is 0 Å². The molecule has 2 nitrogen and oxygen atoms in total. The van der Waals surface area contributed by atoms with E-state index in [2.05, 4.69) is 161 Å². The van der Waals surface area contributed by atoms with Gasteiger partial charge in [0, 0.05) is 30.0 Å². The van der Waals surface area contributed by atoms with Gasteiger partial charge in [-0.3, -0.25) is 0 Å². The van der Waals surface area contributed by atoms with Gasteiger partial charge in [0.05, 0.1) is 30.0 Å². The normalized spacial score (nSPS) is 13.3. The summed E-state index contributed by atoms with van der Waals surface area (Å²) < 4.78 is 0. The molecule has 0 saturated carbocycles. The Bertz CT molecular complexity index is 1650. The number of benzene rings is 3. The molecule has 218 valence electrons. The van der Waals surface area contributed by atoms with E-state index in [-0.39, 0.29) is 16.0 Å². The van der Waals surface area contributed by atoms with Gasteiger partial charge in [-0.25, -0.2) is 9.97 Å². The number of hydrogen-bond acceptors (Lipinski definition) is 2. The lowest BCUT2D eigenvalue weighted by molar-refractivity contribution is 0.139. The fourth-order valence-electron chi connectivity index (χ4n) is 6.37. The maximum atomic E-state index is 5.28. The van der Waals surface area contributed by atoms with Crippen LogP contribution in [0.25, 0.3) is 21.8 Å². The van der Waals surface area contributed by atoms with Crippen LogP contribution in [0.4, 0.5) is 0 Å². The second-order valence-corrected chi connectivity index (χ2v) is 22.8. The lowest BCUT2D eigenvalue weighted by Gasteiger charge is -2.52. The van der Waals surface area contributed by atoms with Gasteiger partial charge in [-0.2, -0.15) is 0 Å². The highest BCUT2D eigenvalue weighted by Crippen LogP contribution is 2.59. The minimum Gasteiger partial charge on any atom is -0.248 e. The summed E-state index contributed by atoms with van der Waals surface area (Å²) in [6.45, 7) is 21.7. The van der Waals surface area contributed by atoms with Crippen LogP contribution in [0.5, 0.6) is 0 Å². The highest BCUT2D eigenvalue weighted by molar-refractivity contribution is 7.71. The molecule has 2 heterocycles. The number of pyridine rings is 2. The highest BCUT2D eigenvalue weighted by Gasteiger charge is 2.49. The second-order valence-electron chi connectivity index (χ2n) is 14.7. The highest BCUT2D eigenvalue weighted by atomic mass is 31.1. The number of rotatable bonds is 6. The van der Waals surface area contributed by atoms with Gasteiger partial charge in [-0.15, -0.1) is 9.24 Å². The van der Waals surface area contributed by atoms with Crippen molar-refractivity contribution >= 4 is 63.1 Å². The average Bonchev–Trinajstić information content (AvgIpc) is 2.93. The first-order valence-electron chi connectivity index (χ1n) is 15.0. The summed E-state index contributed by atoms with van der Waals surface area (Å²) >= 11 is 0. The fourth-order valence-corrected chi connectivity index (χ4v) is 9.97. The van der Waals surface area contributed by atoms with E-state index in [0.29, 0.717) is 0 Å². The van der Waals surface area contributed by atoms with E-state index in [1.165, 1.54) is 27.1 Å². The first-order valence-corrected chi connectivity index (χ1v) is 20.6. The molecule has 0 aliphatic carbocycles. The zero-order valence-electron chi connectivity index (χ0n) is 26.8. The van der Waals surface area contributed by atoms with Gasteiger partial charge in [0.2, 0.25) is 0 Å². The van der Waals surface area contributed by atoms with Crippen molar-refractivity contribution in [3.8, 4) is 0 Å². The van der Waals surface area contributed by atoms with Crippen LogP contribution in [0.3, 0.4) is 0 Å². The van der Waals surface area contributed by atoms with Crippen LogP contribution in [0, 0.1) is 10.8 Å². The predicted molar refractivity (Wildman–Crippen MR) is 193 cm³/mol. The van der Waals surface area contributed by atoms with Gasteiger partial charge in [0.25, 0.3) is 0 Å². The molecule has 0 bridgehead atoms. The molecule has 5 rings (SSSR count). The molecule has 0 fully saturated rings. The van der Waals surface area contributed by atoms with E-state index < -0.39 is 16.0 Å². The van der Waals surface area contributed by atoms with E-state index >= 15 is 0 Å². The lowest BCUT2D eigenvalue weighted by atomic mass is 9.62. The van der Waals surface area contributed by atoms with Crippen LogP contribution in [-0.2, 0) is 11.3 Å². The molecular formula is C37H46N2P2Si. The third-order valence-corrected chi connectivity index (χ3v) is 15.2. The van der Waals surface area contributed by atoms with Gasteiger partial charge in [-0.1, -0.05) is 133 Å². The van der Waals surface area contributed by atoms with Crippen LogP contribution in [0.2, 0.25) is 19.6 Å². The monoisotopic (exact) mass is 608 g/mol. The van der Waals surface area contributed by atoms with Crippen molar-refractivity contribution < 1.29 is 0 Å². The summed E-state index contributed by atoms with van der Waals surface area (Å²) in [5, 5.41) is 3.72. The molecule has 0 aliphatic rings. The Balaban J connectivity index is 1.76. The molecule has 1 unspecified atom stereocenters. The lowest BCUT2D eigenvalue weighted by Crippen LogP contribution is -2.46. The van der Waals surface area contributed by atoms with Gasteiger partial charge in [0.1, 0.15) is 0 Å². The molecule has 5 aromatic rings. The molecule has 0 N–H and O–H groups in total. The third kappa shape index (κ3) is 5.86. The SMILES string of the molecule is CC(C)(C)C(P)(c1ccc([Si](C)(C)C)cc1CP(c1ccc2ccccc2n1)c1ccc2ccccc2n1)C(C)(C)C. The average molecular weight is 609 g/mol. The predicted octanol–water partition coefficient (Wildman–Crippen LogP) is 9.12. The van der Waals surface area contributed by atoms with Crippen molar-refractivity contribution in [2.45, 2.75) is 72.5 Å². The fraction of sp³-hybridized carbons (Fsp3) is 0.351. The molecule has 0 spiro atoms. The van der Waals surface area contributed by atoms with Gasteiger partial charge >= 0.3 is 0 Å². The number of fused-ring (bicyclic) bond motifs is 2. The standard InChI is InChI=1S/C37H46N2P2Si/c1-35(2,3)37(40,36(4,5)6)30-21-20-29(42(7,8)9)24-28(30)25-41(33-22-18-26-14-10-12-16-31(26)38-33)34-23-19-27-15-11-13-17-32(27)39-34/h10-24H,25,40H2,1-9H3. The molecule has 0 aliphatic heterocycles. The van der Waals surface area contributed by atoms with Crippen molar-refractivity contribution in [3.05, 3.63) is 102 Å². The van der Waals surface area contributed by atoms with Crippen LogP contribution < -0.4 is 16.1 Å². The molecular weight excluding hydrogens is 562 g/mol. The summed E-state index contributed by atoms with van der Waals surface area (Å²) in [5.41, 5.74) is 7.28. The minimum atomic E-state index is -1.55. The van der Waals surface area contributed by atoms with Crippen molar-refractivity contribution in [2.24, 2.45) is 10.8 Å². The number of nitrogens with zero attached hydrogens (tertiary/aromatic N) is 2. The van der Waals surface area contributed by atoms with Crippen LogP contribution in [0.15, 0.2) is 91.0 Å². The molecule has 42 heavy (non-hydrogen) atoms. The van der Waals surface area contributed by atoms with E-state index in [0.717, 1.165) is 28.1 Å². The Labute approximate surface area is 257 Å². The number of para-hydroxylation sites is 2.